The van der Waals surface area contributed by atoms with Crippen LogP contribution in [0.25, 0.3) is 11.0 Å². The highest BCUT2D eigenvalue weighted by Crippen LogP contribution is 2.38. The van der Waals surface area contributed by atoms with Gasteiger partial charge in [0.1, 0.15) is 4.75 Å². The van der Waals surface area contributed by atoms with E-state index in [2.05, 4.69) is 10.3 Å². The molecule has 2 aromatic rings. The molecule has 6 nitrogen and oxygen atoms in total. The fraction of sp³-hybridized carbons (Fsp3) is 0.462. The average Bonchev–Trinajstić information content (AvgIpc) is 2.64. The summed E-state index contributed by atoms with van der Waals surface area (Å²) in [5, 5.41) is 8.50. The molecule has 20 heavy (non-hydrogen) atoms. The Kier molecular flexibility index (Phi) is 2.98. The van der Waals surface area contributed by atoms with Crippen LogP contribution in [0.3, 0.4) is 0 Å². The molecule has 3 N–H and O–H groups in total. The number of fused-ring (bicyclic) bond motifs is 1. The molecule has 0 radical (unpaired) electrons. The van der Waals surface area contributed by atoms with Crippen molar-refractivity contribution in [3.8, 4) is 0 Å². The molecule has 0 saturated heterocycles. The van der Waals surface area contributed by atoms with Crippen molar-refractivity contribution in [3.63, 3.8) is 0 Å². The van der Waals surface area contributed by atoms with E-state index in [0.717, 1.165) is 17.5 Å². The lowest BCUT2D eigenvalue weighted by Gasteiger charge is -2.39. The molecule has 0 aliphatic heterocycles. The fourth-order valence-corrected chi connectivity index (χ4v) is 3.81. The van der Waals surface area contributed by atoms with Crippen LogP contribution in [0.2, 0.25) is 0 Å². The molecule has 1 saturated carbocycles. The second-order valence-corrected chi connectivity index (χ2v) is 7.37. The van der Waals surface area contributed by atoms with Crippen LogP contribution in [0.1, 0.15) is 19.3 Å². The Morgan fingerprint density at radius 1 is 1.40 bits per heavy atom. The van der Waals surface area contributed by atoms with E-state index in [1.807, 2.05) is 35.9 Å². The number of nitrogens with zero attached hydrogens (tertiary/aromatic N) is 2. The van der Waals surface area contributed by atoms with Crippen molar-refractivity contribution in [2.45, 2.75) is 24.0 Å². The van der Waals surface area contributed by atoms with Gasteiger partial charge < -0.3 is 9.88 Å². The summed E-state index contributed by atoms with van der Waals surface area (Å²) in [4.78, 5) is 4.47. The molecular formula is C13H18N4O2S. The predicted molar refractivity (Wildman–Crippen MR) is 78.9 cm³/mol. The van der Waals surface area contributed by atoms with Gasteiger partial charge >= 0.3 is 0 Å². The van der Waals surface area contributed by atoms with Crippen molar-refractivity contribution < 1.29 is 8.42 Å². The summed E-state index contributed by atoms with van der Waals surface area (Å²) in [7, 11) is -1.64. The lowest BCUT2D eigenvalue weighted by Crippen LogP contribution is -2.53. The number of imidazole rings is 1. The molecular weight excluding hydrogens is 276 g/mol. The highest BCUT2D eigenvalue weighted by atomic mass is 32.2. The quantitative estimate of drug-likeness (QED) is 0.886. The Bertz CT molecular complexity index is 747. The third-order valence-corrected chi connectivity index (χ3v) is 5.98. The van der Waals surface area contributed by atoms with Gasteiger partial charge in [0.2, 0.25) is 16.0 Å². The van der Waals surface area contributed by atoms with E-state index >= 15 is 0 Å². The number of hydrogen-bond acceptors (Lipinski definition) is 4. The fourth-order valence-electron chi connectivity index (χ4n) is 2.68. The zero-order valence-corrected chi connectivity index (χ0v) is 12.2. The molecule has 1 fully saturated rings. The number of anilines is 1. The van der Waals surface area contributed by atoms with Crippen molar-refractivity contribution in [1.82, 2.24) is 9.55 Å². The molecule has 1 aromatic heterocycles. The first-order valence-electron chi connectivity index (χ1n) is 6.61. The van der Waals surface area contributed by atoms with Crippen LogP contribution in [-0.4, -0.2) is 29.3 Å². The maximum absolute atomic E-state index is 11.7. The summed E-state index contributed by atoms with van der Waals surface area (Å²) in [5.74, 6) is 0.668. The minimum Gasteiger partial charge on any atom is -0.354 e. The summed E-state index contributed by atoms with van der Waals surface area (Å²) in [6.07, 6.45) is 2.13. The maximum atomic E-state index is 11.7. The topological polar surface area (TPSA) is 90.0 Å². The van der Waals surface area contributed by atoms with E-state index < -0.39 is 14.8 Å². The van der Waals surface area contributed by atoms with Gasteiger partial charge in [-0.3, -0.25) is 0 Å². The first-order valence-corrected chi connectivity index (χ1v) is 8.15. The van der Waals surface area contributed by atoms with Crippen molar-refractivity contribution in [2.24, 2.45) is 12.2 Å². The standard InChI is InChI=1S/C13H18N4O2S/c1-17-11-6-3-2-5-10(11)16-12(17)15-9-13(7-4-8-13)20(14,18)19/h2-3,5-6H,4,7-9H2,1H3,(H,15,16)(H2,14,18,19). The Hall–Kier alpha value is -1.60. The lowest BCUT2D eigenvalue weighted by atomic mass is 9.84. The van der Waals surface area contributed by atoms with Crippen LogP contribution in [-0.2, 0) is 17.1 Å². The number of nitrogens with one attached hydrogen (secondary N) is 1. The number of para-hydroxylation sites is 2. The van der Waals surface area contributed by atoms with Gasteiger partial charge in [0, 0.05) is 13.6 Å². The summed E-state index contributed by atoms with van der Waals surface area (Å²) < 4.78 is 24.5. The SMILES string of the molecule is Cn1c(NCC2(S(N)(=O)=O)CCC2)nc2ccccc21. The van der Waals surface area contributed by atoms with Crippen LogP contribution >= 0.6 is 0 Å². The Balaban J connectivity index is 1.86. The van der Waals surface area contributed by atoms with Gasteiger partial charge in [0.05, 0.1) is 11.0 Å². The molecule has 3 rings (SSSR count). The summed E-state index contributed by atoms with van der Waals surface area (Å²) in [6.45, 7) is 0.309. The Labute approximate surface area is 118 Å². The van der Waals surface area contributed by atoms with Crippen LogP contribution in [0, 0.1) is 0 Å². The smallest absolute Gasteiger partial charge is 0.216 e. The number of aromatic nitrogens is 2. The summed E-state index contributed by atoms with van der Waals surface area (Å²) >= 11 is 0. The first-order chi connectivity index (χ1) is 9.43. The van der Waals surface area contributed by atoms with Crippen molar-refractivity contribution in [3.05, 3.63) is 24.3 Å². The van der Waals surface area contributed by atoms with E-state index in [9.17, 15) is 8.42 Å². The van der Waals surface area contributed by atoms with Gasteiger partial charge in [-0.25, -0.2) is 18.5 Å². The van der Waals surface area contributed by atoms with E-state index in [4.69, 9.17) is 5.14 Å². The molecule has 1 aliphatic rings. The second-order valence-electron chi connectivity index (χ2n) is 5.42. The Morgan fingerprint density at radius 3 is 2.65 bits per heavy atom. The molecule has 108 valence electrons. The molecule has 0 bridgehead atoms. The van der Waals surface area contributed by atoms with Gasteiger partial charge in [-0.05, 0) is 25.0 Å². The zero-order valence-electron chi connectivity index (χ0n) is 11.3. The summed E-state index contributed by atoms with van der Waals surface area (Å²) in [6, 6.07) is 7.79. The van der Waals surface area contributed by atoms with Crippen molar-refractivity contribution in [1.29, 1.82) is 0 Å². The monoisotopic (exact) mass is 294 g/mol. The molecule has 1 aromatic carbocycles. The average molecular weight is 294 g/mol. The van der Waals surface area contributed by atoms with E-state index in [-0.39, 0.29) is 0 Å². The van der Waals surface area contributed by atoms with Gasteiger partial charge in [-0.1, -0.05) is 18.6 Å². The number of aryl methyl sites for hydroxylation is 1. The van der Waals surface area contributed by atoms with E-state index in [0.29, 0.717) is 25.3 Å². The number of hydrogen-bond donors (Lipinski definition) is 2. The Morgan fingerprint density at radius 2 is 2.10 bits per heavy atom. The molecule has 0 spiro atoms. The minimum absolute atomic E-state index is 0.309. The van der Waals surface area contributed by atoms with Crippen LogP contribution in [0.4, 0.5) is 5.95 Å². The largest absolute Gasteiger partial charge is 0.354 e. The van der Waals surface area contributed by atoms with Gasteiger partial charge in [-0.15, -0.1) is 0 Å². The number of rotatable bonds is 4. The van der Waals surface area contributed by atoms with Crippen LogP contribution in [0.5, 0.6) is 0 Å². The third kappa shape index (κ3) is 1.97. The molecule has 0 amide bonds. The zero-order chi connectivity index (χ0) is 14.4. The number of sulfonamides is 1. The lowest BCUT2D eigenvalue weighted by molar-refractivity contribution is 0.351. The van der Waals surface area contributed by atoms with E-state index in [1.54, 1.807) is 0 Å². The molecule has 7 heteroatoms. The van der Waals surface area contributed by atoms with Gasteiger partial charge in [-0.2, -0.15) is 0 Å². The summed E-state index contributed by atoms with van der Waals surface area (Å²) in [5.41, 5.74) is 1.89. The molecule has 0 unspecified atom stereocenters. The molecule has 1 heterocycles. The third-order valence-electron chi connectivity index (χ3n) is 4.22. The number of nitrogens with two attached hydrogens (primary N) is 1. The van der Waals surface area contributed by atoms with Crippen molar-refractivity contribution >= 4 is 27.0 Å². The van der Waals surface area contributed by atoms with E-state index in [1.165, 1.54) is 0 Å². The number of primary sulfonamides is 1. The van der Waals surface area contributed by atoms with Gasteiger partial charge in [0.15, 0.2) is 0 Å². The maximum Gasteiger partial charge on any atom is 0.216 e. The molecule has 1 aliphatic carbocycles. The second kappa shape index (κ2) is 4.46. The van der Waals surface area contributed by atoms with Crippen LogP contribution in [0.15, 0.2) is 24.3 Å². The normalized spacial score (nSPS) is 17.9. The minimum atomic E-state index is -3.54. The highest BCUT2D eigenvalue weighted by molar-refractivity contribution is 7.90. The molecule has 0 atom stereocenters. The highest BCUT2D eigenvalue weighted by Gasteiger charge is 2.47. The van der Waals surface area contributed by atoms with Crippen LogP contribution < -0.4 is 10.5 Å². The predicted octanol–water partition coefficient (Wildman–Crippen LogP) is 1.20. The first kappa shape index (κ1) is 13.4. The van der Waals surface area contributed by atoms with Crippen molar-refractivity contribution in [2.75, 3.05) is 11.9 Å². The number of benzene rings is 1. The van der Waals surface area contributed by atoms with Gasteiger partial charge in [0.25, 0.3) is 0 Å².